The minimum atomic E-state index is -0.504. The van der Waals surface area contributed by atoms with Crippen LogP contribution in [0.4, 0.5) is 4.39 Å². The van der Waals surface area contributed by atoms with Crippen LogP contribution in [0, 0.1) is 12.7 Å². The summed E-state index contributed by atoms with van der Waals surface area (Å²) in [6.45, 7) is 4.18. The summed E-state index contributed by atoms with van der Waals surface area (Å²) in [4.78, 5) is 16.2. The van der Waals surface area contributed by atoms with E-state index in [1.165, 1.54) is 6.07 Å². The van der Waals surface area contributed by atoms with E-state index in [-0.39, 0.29) is 5.56 Å². The lowest BCUT2D eigenvalue weighted by molar-refractivity contribution is 0.0946. The molecule has 2 aromatic rings. The molecule has 0 saturated heterocycles. The standard InChI is InChI=1S/C14H15FN2OS/c1-3-13-17-10(8-19-13)7-16-14(18)11-6-9(2)4-5-12(11)15/h4-6,8H,3,7H2,1-2H3,(H,16,18). The highest BCUT2D eigenvalue weighted by molar-refractivity contribution is 7.09. The molecule has 0 radical (unpaired) electrons. The van der Waals surface area contributed by atoms with Crippen LogP contribution in [-0.4, -0.2) is 10.9 Å². The van der Waals surface area contributed by atoms with Crippen LogP contribution in [0.5, 0.6) is 0 Å². The van der Waals surface area contributed by atoms with Crippen LogP contribution >= 0.6 is 11.3 Å². The fraction of sp³-hybridized carbons (Fsp3) is 0.286. The first-order chi connectivity index (χ1) is 9.10. The van der Waals surface area contributed by atoms with Gasteiger partial charge in [-0.25, -0.2) is 9.37 Å². The Balaban J connectivity index is 2.03. The van der Waals surface area contributed by atoms with E-state index >= 15 is 0 Å². The first-order valence-electron chi connectivity index (χ1n) is 6.07. The Morgan fingerprint density at radius 3 is 2.95 bits per heavy atom. The number of benzene rings is 1. The summed E-state index contributed by atoms with van der Waals surface area (Å²) in [6, 6.07) is 4.49. The number of carbonyl (C=O) groups is 1. The van der Waals surface area contributed by atoms with E-state index in [1.807, 2.05) is 19.2 Å². The molecule has 1 heterocycles. The van der Waals surface area contributed by atoms with Crippen molar-refractivity contribution in [1.82, 2.24) is 10.3 Å². The third kappa shape index (κ3) is 3.38. The Kier molecular flexibility index (Phi) is 4.27. The molecule has 0 bridgehead atoms. The summed E-state index contributed by atoms with van der Waals surface area (Å²) in [5, 5.41) is 5.63. The maximum Gasteiger partial charge on any atom is 0.254 e. The molecule has 0 atom stereocenters. The maximum absolute atomic E-state index is 13.5. The van der Waals surface area contributed by atoms with Crippen molar-refractivity contribution in [1.29, 1.82) is 0 Å². The third-order valence-corrected chi connectivity index (χ3v) is 3.74. The summed E-state index contributed by atoms with van der Waals surface area (Å²) in [7, 11) is 0. The molecule has 1 N–H and O–H groups in total. The molecule has 100 valence electrons. The van der Waals surface area contributed by atoms with Crippen LogP contribution in [0.1, 0.15) is 33.5 Å². The number of aromatic nitrogens is 1. The van der Waals surface area contributed by atoms with Crippen molar-refractivity contribution in [3.8, 4) is 0 Å². The lowest BCUT2D eigenvalue weighted by Crippen LogP contribution is -2.24. The van der Waals surface area contributed by atoms with E-state index in [0.717, 1.165) is 22.7 Å². The average molecular weight is 278 g/mol. The second-order valence-electron chi connectivity index (χ2n) is 4.25. The van der Waals surface area contributed by atoms with Gasteiger partial charge in [0.15, 0.2) is 0 Å². The number of nitrogens with zero attached hydrogens (tertiary/aromatic N) is 1. The van der Waals surface area contributed by atoms with E-state index in [2.05, 4.69) is 10.3 Å². The normalized spacial score (nSPS) is 10.5. The number of thiazole rings is 1. The number of carbonyl (C=O) groups excluding carboxylic acids is 1. The zero-order chi connectivity index (χ0) is 13.8. The summed E-state index contributed by atoms with van der Waals surface area (Å²) in [6.07, 6.45) is 0.880. The molecule has 19 heavy (non-hydrogen) atoms. The maximum atomic E-state index is 13.5. The molecular weight excluding hydrogens is 263 g/mol. The van der Waals surface area contributed by atoms with Gasteiger partial charge in [0.05, 0.1) is 22.8 Å². The van der Waals surface area contributed by atoms with Gasteiger partial charge in [-0.2, -0.15) is 0 Å². The monoisotopic (exact) mass is 278 g/mol. The Morgan fingerprint density at radius 1 is 1.47 bits per heavy atom. The highest BCUT2D eigenvalue weighted by atomic mass is 32.1. The molecule has 0 aliphatic carbocycles. The van der Waals surface area contributed by atoms with E-state index in [4.69, 9.17) is 0 Å². The van der Waals surface area contributed by atoms with Crippen LogP contribution in [0.3, 0.4) is 0 Å². The fourth-order valence-electron chi connectivity index (χ4n) is 1.67. The van der Waals surface area contributed by atoms with Crippen molar-refractivity contribution in [2.75, 3.05) is 0 Å². The largest absolute Gasteiger partial charge is 0.346 e. The Hall–Kier alpha value is -1.75. The molecule has 5 heteroatoms. The van der Waals surface area contributed by atoms with Gasteiger partial charge in [-0.05, 0) is 25.5 Å². The van der Waals surface area contributed by atoms with Gasteiger partial charge in [-0.15, -0.1) is 11.3 Å². The van der Waals surface area contributed by atoms with Crippen LogP contribution < -0.4 is 5.32 Å². The van der Waals surface area contributed by atoms with Crippen molar-refractivity contribution in [2.24, 2.45) is 0 Å². The molecule has 1 aromatic carbocycles. The number of rotatable bonds is 4. The van der Waals surface area contributed by atoms with Gasteiger partial charge in [0.2, 0.25) is 0 Å². The average Bonchev–Trinajstić information content (AvgIpc) is 2.87. The van der Waals surface area contributed by atoms with Gasteiger partial charge in [0.25, 0.3) is 5.91 Å². The predicted molar refractivity (Wildman–Crippen MR) is 73.8 cm³/mol. The molecule has 1 aromatic heterocycles. The number of nitrogens with one attached hydrogen (secondary N) is 1. The van der Waals surface area contributed by atoms with E-state index < -0.39 is 11.7 Å². The number of aryl methyl sites for hydroxylation is 2. The van der Waals surface area contributed by atoms with Crippen LogP contribution in [-0.2, 0) is 13.0 Å². The van der Waals surface area contributed by atoms with E-state index in [1.54, 1.807) is 23.5 Å². The van der Waals surface area contributed by atoms with Gasteiger partial charge in [0, 0.05) is 5.38 Å². The summed E-state index contributed by atoms with van der Waals surface area (Å²) in [5.74, 6) is -0.914. The van der Waals surface area contributed by atoms with Crippen molar-refractivity contribution >= 4 is 17.2 Å². The van der Waals surface area contributed by atoms with Crippen molar-refractivity contribution in [3.05, 3.63) is 51.2 Å². The van der Waals surface area contributed by atoms with Gasteiger partial charge < -0.3 is 5.32 Å². The topological polar surface area (TPSA) is 42.0 Å². The lowest BCUT2D eigenvalue weighted by atomic mass is 10.1. The third-order valence-electron chi connectivity index (χ3n) is 2.70. The molecule has 0 saturated carbocycles. The zero-order valence-corrected chi connectivity index (χ0v) is 11.7. The second kappa shape index (κ2) is 5.93. The number of amides is 1. The molecule has 0 fully saturated rings. The predicted octanol–water partition coefficient (Wildman–Crippen LogP) is 3.08. The fourth-order valence-corrected chi connectivity index (χ4v) is 2.42. The smallest absolute Gasteiger partial charge is 0.254 e. The second-order valence-corrected chi connectivity index (χ2v) is 5.19. The quantitative estimate of drug-likeness (QED) is 0.933. The SMILES string of the molecule is CCc1nc(CNC(=O)c2cc(C)ccc2F)cs1. The summed E-state index contributed by atoms with van der Waals surface area (Å²) < 4.78 is 13.5. The Bertz CT molecular complexity index is 595. The first kappa shape index (κ1) is 13.7. The van der Waals surface area contributed by atoms with E-state index in [0.29, 0.717) is 6.54 Å². The van der Waals surface area contributed by atoms with Crippen LogP contribution in [0.15, 0.2) is 23.6 Å². The lowest BCUT2D eigenvalue weighted by Gasteiger charge is -2.05. The molecule has 0 unspecified atom stereocenters. The highest BCUT2D eigenvalue weighted by Gasteiger charge is 2.12. The minimum absolute atomic E-state index is 0.0749. The molecule has 1 amide bonds. The van der Waals surface area contributed by atoms with Gasteiger partial charge in [0.1, 0.15) is 5.82 Å². The number of hydrogen-bond acceptors (Lipinski definition) is 3. The molecule has 0 spiro atoms. The number of hydrogen-bond donors (Lipinski definition) is 1. The first-order valence-corrected chi connectivity index (χ1v) is 6.95. The van der Waals surface area contributed by atoms with Gasteiger partial charge in [-0.3, -0.25) is 4.79 Å². The Labute approximate surface area is 115 Å². The van der Waals surface area contributed by atoms with Gasteiger partial charge >= 0.3 is 0 Å². The zero-order valence-electron chi connectivity index (χ0n) is 10.9. The highest BCUT2D eigenvalue weighted by Crippen LogP contribution is 2.12. The van der Waals surface area contributed by atoms with E-state index in [9.17, 15) is 9.18 Å². The summed E-state index contributed by atoms with van der Waals surface area (Å²) >= 11 is 1.57. The van der Waals surface area contributed by atoms with Crippen LogP contribution in [0.2, 0.25) is 0 Å². The molecular formula is C14H15FN2OS. The van der Waals surface area contributed by atoms with Crippen molar-refractivity contribution in [2.45, 2.75) is 26.8 Å². The van der Waals surface area contributed by atoms with Crippen LogP contribution in [0.25, 0.3) is 0 Å². The van der Waals surface area contributed by atoms with Crippen molar-refractivity contribution in [3.63, 3.8) is 0 Å². The Morgan fingerprint density at radius 2 is 2.26 bits per heavy atom. The molecule has 0 aliphatic heterocycles. The molecule has 0 aliphatic rings. The van der Waals surface area contributed by atoms with Gasteiger partial charge in [-0.1, -0.05) is 18.6 Å². The number of halogens is 1. The van der Waals surface area contributed by atoms with Crippen molar-refractivity contribution < 1.29 is 9.18 Å². The molecule has 2 rings (SSSR count). The molecule has 3 nitrogen and oxygen atoms in total. The summed E-state index contributed by atoms with van der Waals surface area (Å²) in [5.41, 5.74) is 1.74. The minimum Gasteiger partial charge on any atom is -0.346 e.